The normalized spacial score (nSPS) is 11.0. The number of rotatable bonds is 13. The molecule has 0 aliphatic rings. The van der Waals surface area contributed by atoms with Crippen molar-refractivity contribution in [3.63, 3.8) is 0 Å². The van der Waals surface area contributed by atoms with Crippen LogP contribution in [0, 0.1) is 0 Å². The summed E-state index contributed by atoms with van der Waals surface area (Å²) in [6.07, 6.45) is 0. The summed E-state index contributed by atoms with van der Waals surface area (Å²) >= 11 is 0. The monoisotopic (exact) mass is 630 g/mol. The molecule has 0 bridgehead atoms. The molecule has 0 aliphatic heterocycles. The molecule has 240 valence electrons. The highest BCUT2D eigenvalue weighted by Gasteiger charge is 2.30. The average Bonchev–Trinajstić information content (AvgIpc) is 3.08. The molecule has 0 saturated carbocycles. The predicted octanol–water partition coefficient (Wildman–Crippen LogP) is 8.62. The lowest BCUT2D eigenvalue weighted by atomic mass is 9.97. The van der Waals surface area contributed by atoms with Crippen LogP contribution in [0.15, 0.2) is 121 Å². The van der Waals surface area contributed by atoms with Crippen molar-refractivity contribution in [2.24, 2.45) is 0 Å². The van der Waals surface area contributed by atoms with Crippen LogP contribution in [0.5, 0.6) is 23.0 Å². The van der Waals surface area contributed by atoms with Gasteiger partial charge >= 0.3 is 5.97 Å². The Hall–Kier alpha value is -5.56. The second-order valence-electron chi connectivity index (χ2n) is 11.8. The first-order valence-corrected chi connectivity index (χ1v) is 15.3. The summed E-state index contributed by atoms with van der Waals surface area (Å²) in [5.74, 6) is -0.0604. The Balaban J connectivity index is 1.63. The van der Waals surface area contributed by atoms with Gasteiger partial charge in [-0.1, -0.05) is 97.1 Å². The number of carbonyl (C=O) groups is 2. The number of carbonyl (C=O) groups excluding carboxylic acids is 2. The van der Waals surface area contributed by atoms with E-state index in [1.54, 1.807) is 39.0 Å². The van der Waals surface area contributed by atoms with Crippen LogP contribution in [-0.2, 0) is 24.6 Å². The molecule has 0 aromatic heterocycles. The SMILES string of the molecule is COc1cccc(OCc2ccccc2)c1C(=O)c1c(OCc2ccccc2)cc(C(=O)OC(C)(C)C)cc1OCc1ccccc1. The van der Waals surface area contributed by atoms with Crippen molar-refractivity contribution < 1.29 is 33.3 Å². The van der Waals surface area contributed by atoms with Gasteiger partial charge in [-0.3, -0.25) is 4.79 Å². The number of benzene rings is 5. The average molecular weight is 631 g/mol. The molecule has 0 spiro atoms. The van der Waals surface area contributed by atoms with E-state index in [0.29, 0.717) is 11.5 Å². The molecular formula is C40H38O7. The number of ether oxygens (including phenoxy) is 5. The Morgan fingerprint density at radius 2 is 0.936 bits per heavy atom. The van der Waals surface area contributed by atoms with Crippen molar-refractivity contribution in [2.75, 3.05) is 7.11 Å². The molecule has 0 N–H and O–H groups in total. The van der Waals surface area contributed by atoms with Crippen molar-refractivity contribution in [2.45, 2.75) is 46.2 Å². The Morgan fingerprint density at radius 1 is 0.532 bits per heavy atom. The van der Waals surface area contributed by atoms with E-state index in [0.717, 1.165) is 16.7 Å². The van der Waals surface area contributed by atoms with E-state index in [9.17, 15) is 9.59 Å². The molecule has 0 heterocycles. The topological polar surface area (TPSA) is 80.3 Å². The van der Waals surface area contributed by atoms with Crippen LogP contribution in [0.3, 0.4) is 0 Å². The van der Waals surface area contributed by atoms with E-state index in [1.807, 2.05) is 91.0 Å². The fourth-order valence-electron chi connectivity index (χ4n) is 4.85. The van der Waals surface area contributed by atoms with Gasteiger partial charge in [0.25, 0.3) is 0 Å². The standard InChI is InChI=1S/C40H38O7/c1-40(2,3)47-39(42)31-23-34(45-26-29-17-10-6-11-18-29)37(35(24-31)46-27-30-19-12-7-13-20-30)38(41)36-32(43-4)21-14-22-33(36)44-25-28-15-8-5-9-16-28/h5-24H,25-27H2,1-4H3. The van der Waals surface area contributed by atoms with Crippen LogP contribution in [0.25, 0.3) is 0 Å². The third kappa shape index (κ3) is 8.79. The molecule has 47 heavy (non-hydrogen) atoms. The molecule has 0 radical (unpaired) electrons. The third-order valence-corrected chi connectivity index (χ3v) is 7.07. The van der Waals surface area contributed by atoms with Crippen LogP contribution in [-0.4, -0.2) is 24.5 Å². The molecule has 5 aromatic rings. The van der Waals surface area contributed by atoms with Crippen molar-refractivity contribution >= 4 is 11.8 Å². The highest BCUT2D eigenvalue weighted by molar-refractivity contribution is 6.16. The predicted molar refractivity (Wildman–Crippen MR) is 180 cm³/mol. The van der Waals surface area contributed by atoms with Crippen LogP contribution >= 0.6 is 0 Å². The fourth-order valence-corrected chi connectivity index (χ4v) is 4.85. The zero-order valence-corrected chi connectivity index (χ0v) is 27.0. The maximum absolute atomic E-state index is 14.8. The third-order valence-electron chi connectivity index (χ3n) is 7.07. The molecule has 5 aromatic carbocycles. The van der Waals surface area contributed by atoms with Gasteiger partial charge in [0.1, 0.15) is 59.5 Å². The van der Waals surface area contributed by atoms with E-state index < -0.39 is 17.4 Å². The van der Waals surface area contributed by atoms with Crippen molar-refractivity contribution in [1.29, 1.82) is 0 Å². The lowest BCUT2D eigenvalue weighted by Crippen LogP contribution is -2.24. The minimum atomic E-state index is -0.746. The minimum absolute atomic E-state index is 0.123. The van der Waals surface area contributed by atoms with Gasteiger partial charge in [0.15, 0.2) is 0 Å². The number of hydrogen-bond donors (Lipinski definition) is 0. The van der Waals surface area contributed by atoms with E-state index in [4.69, 9.17) is 23.7 Å². The summed E-state index contributed by atoms with van der Waals surface area (Å²) in [5, 5.41) is 0. The molecule has 5 rings (SSSR count). The smallest absolute Gasteiger partial charge is 0.338 e. The van der Waals surface area contributed by atoms with Gasteiger partial charge in [0, 0.05) is 0 Å². The summed E-state index contributed by atoms with van der Waals surface area (Å²) in [6.45, 7) is 5.89. The molecule has 0 aliphatic carbocycles. The summed E-state index contributed by atoms with van der Waals surface area (Å²) in [7, 11) is 1.50. The van der Waals surface area contributed by atoms with Crippen molar-refractivity contribution in [1.82, 2.24) is 0 Å². The van der Waals surface area contributed by atoms with Crippen LogP contribution in [0.2, 0.25) is 0 Å². The van der Waals surface area contributed by atoms with E-state index >= 15 is 0 Å². The molecule has 0 atom stereocenters. The summed E-state index contributed by atoms with van der Waals surface area (Å²) in [6, 6.07) is 37.0. The Kier molecular flexibility index (Phi) is 10.6. The van der Waals surface area contributed by atoms with E-state index in [-0.39, 0.29) is 48.0 Å². The first kappa shape index (κ1) is 32.8. The quantitative estimate of drug-likeness (QED) is 0.0952. The molecule has 7 heteroatoms. The van der Waals surface area contributed by atoms with Crippen molar-refractivity contribution in [3.05, 3.63) is 155 Å². The lowest BCUT2D eigenvalue weighted by Gasteiger charge is -2.22. The fraction of sp³-hybridized carbons (Fsp3) is 0.200. The number of ketones is 1. The van der Waals surface area contributed by atoms with Gasteiger partial charge in [-0.25, -0.2) is 4.79 Å². The number of methoxy groups -OCH3 is 1. The first-order chi connectivity index (χ1) is 22.7. The van der Waals surface area contributed by atoms with Gasteiger partial charge in [-0.2, -0.15) is 0 Å². The summed E-state index contributed by atoms with van der Waals surface area (Å²) in [5.41, 5.74) is 2.46. The van der Waals surface area contributed by atoms with Crippen LogP contribution in [0.1, 0.15) is 63.7 Å². The molecule has 0 unspecified atom stereocenters. The molecule has 0 fully saturated rings. The minimum Gasteiger partial charge on any atom is -0.496 e. The molecular weight excluding hydrogens is 592 g/mol. The van der Waals surface area contributed by atoms with Gasteiger partial charge < -0.3 is 23.7 Å². The lowest BCUT2D eigenvalue weighted by molar-refractivity contribution is 0.00682. The molecule has 0 amide bonds. The second-order valence-corrected chi connectivity index (χ2v) is 11.8. The Labute approximate surface area is 275 Å². The van der Waals surface area contributed by atoms with E-state index in [1.165, 1.54) is 19.2 Å². The zero-order chi connectivity index (χ0) is 33.2. The Bertz CT molecular complexity index is 1730. The summed E-state index contributed by atoms with van der Waals surface area (Å²) < 4.78 is 30.2. The highest BCUT2D eigenvalue weighted by atomic mass is 16.6. The van der Waals surface area contributed by atoms with E-state index in [2.05, 4.69) is 0 Å². The number of hydrogen-bond acceptors (Lipinski definition) is 7. The van der Waals surface area contributed by atoms with Gasteiger partial charge in [-0.15, -0.1) is 0 Å². The van der Waals surface area contributed by atoms with Crippen LogP contribution < -0.4 is 18.9 Å². The molecule has 0 saturated heterocycles. The highest BCUT2D eigenvalue weighted by Crippen LogP contribution is 2.39. The van der Waals surface area contributed by atoms with Crippen molar-refractivity contribution in [3.8, 4) is 23.0 Å². The second kappa shape index (κ2) is 15.1. The zero-order valence-electron chi connectivity index (χ0n) is 27.0. The van der Waals surface area contributed by atoms with Gasteiger partial charge in [-0.05, 0) is 61.7 Å². The Morgan fingerprint density at radius 3 is 1.36 bits per heavy atom. The van der Waals surface area contributed by atoms with Crippen LogP contribution in [0.4, 0.5) is 0 Å². The number of esters is 1. The first-order valence-electron chi connectivity index (χ1n) is 15.3. The maximum Gasteiger partial charge on any atom is 0.338 e. The maximum atomic E-state index is 14.8. The largest absolute Gasteiger partial charge is 0.496 e. The van der Waals surface area contributed by atoms with Gasteiger partial charge in [0.05, 0.1) is 12.7 Å². The molecule has 7 nitrogen and oxygen atoms in total. The van der Waals surface area contributed by atoms with Gasteiger partial charge in [0.2, 0.25) is 5.78 Å². The summed E-state index contributed by atoms with van der Waals surface area (Å²) in [4.78, 5) is 28.2.